The molecule has 3 amide bonds. The lowest BCUT2D eigenvalue weighted by molar-refractivity contribution is -0.189. The standard InChI is InChI=1S/C47H56N14O9P2S2Si.C34H46N12O8P2S2Si.2CH5N/c1-29-34-32(68-45(29)60-27-54-36-39(50-25-52-41(36)60)56-43(62)30-15-10-8-11-16-30)23-66-72(74,64-21-14-19-48)59-35-33(24-67-71(73,58-34)65-22-20-49-5)69-46(38(35)70-75(6,7)47(2,3)4)61-28-55-37-40(51-26-53-42(37)61)57-44(63)31-17-12-9-13-18-31;1-18-22-20(52-32(18)45-17-41-25-28(37-15-39-30(25)45)42-31(47)19-10-8-7-9-11-19)12-50-56(49,58)44-23-21(13-51-55(48,57)43-22)53-33(26(23)54-59(5,6)34(2,3)4)46-16-40-24-27(35)36-14-38-29(24)46;2*1-2/h8-13,15-18,25-29,32-35,38,45-46H,14,20-24H2,1-4,6-7H3,(H,58,73)(H,59,74)(H,50,52,56,62)(H,51,53,57,63);7-11,14-18,20-23,26,32-33H,12-13H2,1-6H3,(H2,35,36,38)(H2,43,48,57)(H2,44,49,58)(H,37,39,42,47);2*2H2,1H3/p-2/t29-,32-,33-,34+,35-,38-,45-,46-,71?,72?;18-,20-,21-,22+,23-,26-,32-,33-,55?,56?;;/m11../s1. The third kappa shape index (κ3) is 23.3. The van der Waals surface area contributed by atoms with E-state index in [1.54, 1.807) is 104 Å². The third-order valence-electron chi connectivity index (χ3n) is 24.8. The van der Waals surface area contributed by atoms with E-state index >= 15 is 0 Å². The summed E-state index contributed by atoms with van der Waals surface area (Å²) in [5.74, 6) is -1.22. The molecule has 0 bridgehead atoms. The van der Waals surface area contributed by atoms with Crippen LogP contribution in [-0.2, 0) is 107 Å². The van der Waals surface area contributed by atoms with Gasteiger partial charge in [0, 0.05) is 34.6 Å². The summed E-state index contributed by atoms with van der Waals surface area (Å²) < 4.78 is 101. The molecule has 45 nitrogen and oxygen atoms in total. The van der Waals surface area contributed by atoms with Gasteiger partial charge in [-0.2, -0.15) is 5.26 Å². The average Bonchev–Trinajstić information content (AvgIpc) is 1.62. The molecule has 0 radical (unpaired) electrons. The number of hydrogen-bond acceptors (Lipinski definition) is 37. The molecule has 0 spiro atoms. The molecule has 6 saturated heterocycles. The lowest BCUT2D eigenvalue weighted by atomic mass is 10.00. The molecule has 11 aromatic rings. The van der Waals surface area contributed by atoms with Gasteiger partial charge in [0.2, 0.25) is 6.54 Å². The summed E-state index contributed by atoms with van der Waals surface area (Å²) in [6.45, 7) is 16.0. The van der Waals surface area contributed by atoms with Crippen molar-refractivity contribution in [2.75, 3.05) is 82.0 Å². The number of hydrogen-bond donors (Lipinski definition) is 10. The van der Waals surface area contributed by atoms with Crippen LogP contribution in [0.2, 0.25) is 36.3 Å². The first kappa shape index (κ1) is 105. The smallest absolute Gasteiger partial charge is 0.261 e. The van der Waals surface area contributed by atoms with Crippen LogP contribution in [0, 0.1) is 29.7 Å². The lowest BCUT2D eigenvalue weighted by Gasteiger charge is -2.42. The first-order valence-corrected chi connectivity index (χ1v) is 60.3. The number of carbonyl (C=O) groups excluding carboxylic acids is 3. The Hall–Kier alpha value is -8.75. The van der Waals surface area contributed by atoms with Crippen LogP contribution in [0.25, 0.3) is 49.5 Å². The van der Waals surface area contributed by atoms with Crippen molar-refractivity contribution in [3.05, 3.63) is 170 Å². The Morgan fingerprint density at radius 1 is 0.514 bits per heavy atom. The number of ether oxygens (including phenoxy) is 4. The summed E-state index contributed by atoms with van der Waals surface area (Å²) in [7, 11) is -2.30. The van der Waals surface area contributed by atoms with E-state index in [1.807, 2.05) is 32.0 Å². The number of nitrogen functional groups attached to an aromatic ring is 1. The Kier molecular flexibility index (Phi) is 33.5. The van der Waals surface area contributed by atoms with Crippen molar-refractivity contribution in [2.45, 2.75) is 184 Å². The minimum Gasteiger partial charge on any atom is -0.789 e. The first-order chi connectivity index (χ1) is 65.7. The molecule has 738 valence electrons. The highest BCUT2D eigenvalue weighted by molar-refractivity contribution is 8.33. The molecule has 8 aromatic heterocycles. The van der Waals surface area contributed by atoms with E-state index in [-0.39, 0.29) is 104 Å². The van der Waals surface area contributed by atoms with Crippen LogP contribution in [0.1, 0.15) is 118 Å². The number of rotatable bonds is 20. The maximum atomic E-state index is 14.3. The van der Waals surface area contributed by atoms with Gasteiger partial charge in [-0.1, -0.05) is 122 Å². The molecule has 138 heavy (non-hydrogen) atoms. The molecule has 0 aliphatic carbocycles. The molecule has 4 unspecified atom stereocenters. The monoisotopic (exact) mass is 2080 g/mol. The van der Waals surface area contributed by atoms with Crippen molar-refractivity contribution in [1.82, 2.24) is 98.4 Å². The number of nitrogens with zero attached hydrogens (tertiary/aromatic N) is 18. The van der Waals surface area contributed by atoms with E-state index in [0.717, 1.165) is 0 Å². The Balaban J connectivity index is 0.000000218. The van der Waals surface area contributed by atoms with E-state index < -0.39 is 141 Å². The largest absolute Gasteiger partial charge is 0.789 e. The van der Waals surface area contributed by atoms with Crippen molar-refractivity contribution in [3.8, 4) is 6.07 Å². The number of carbonyl (C=O) groups is 3. The maximum absolute atomic E-state index is 14.3. The van der Waals surface area contributed by atoms with E-state index in [1.165, 1.54) is 52.1 Å². The van der Waals surface area contributed by atoms with E-state index in [2.05, 4.69) is 181 Å². The molecule has 17 rings (SSSR count). The van der Waals surface area contributed by atoms with E-state index in [4.69, 9.17) is 120 Å². The summed E-state index contributed by atoms with van der Waals surface area (Å²) in [5.41, 5.74) is 19.2. The molecule has 3 aromatic carbocycles. The Morgan fingerprint density at radius 3 is 1.25 bits per heavy atom. The van der Waals surface area contributed by atoms with Crippen LogP contribution in [0.5, 0.6) is 0 Å². The van der Waals surface area contributed by atoms with Crippen LogP contribution >= 0.6 is 26.6 Å². The maximum Gasteiger partial charge on any atom is 0.261 e. The highest BCUT2D eigenvalue weighted by Gasteiger charge is 2.57. The SMILES string of the molecule is CN.CN.C[C@@H]1[C@@H]2NP([O-])(=S)OC[C@H]3O[C@@H](n4cnc5c(N)ncnc54)[C@H](O[Si](C)(C)C(C)(C)C)[C@@H]3NP(=O)([S-])OC[C@H]2O[C@H]1n1cnc2c(NC(=O)c3ccccc3)ncnc21.[C-]#[N+]CCOP1(=S)N[C@H]2[C@@H](C)[C@H](n3cnc4c(NC(=O)c5ccccc5)ncnc43)O[C@@H]2COP(=S)(OCCC#N)N[C@H]2[C@@H](O[Si](C)(C)C(C)(C)C)[C@H](n3cnc4c(NC(=O)c5ccccc5)ncnc43)O[C@@H]2CO1. The Bertz CT molecular complexity index is 6470. The first-order valence-electron chi connectivity index (χ1n) is 43.9. The van der Waals surface area contributed by atoms with Crippen molar-refractivity contribution >= 4 is 177 Å². The topological polar surface area (TPSA) is 567 Å². The van der Waals surface area contributed by atoms with Crippen molar-refractivity contribution in [3.63, 3.8) is 0 Å². The van der Waals surface area contributed by atoms with Gasteiger partial charge < -0.3 is 115 Å². The number of imidazole rings is 4. The summed E-state index contributed by atoms with van der Waals surface area (Å²) >= 11 is 23.9. The van der Waals surface area contributed by atoms with Crippen molar-refractivity contribution < 1.29 is 78.8 Å². The van der Waals surface area contributed by atoms with Crippen LogP contribution in [0.3, 0.4) is 0 Å². The molecule has 55 heteroatoms. The molecule has 6 aliphatic heterocycles. The summed E-state index contributed by atoms with van der Waals surface area (Å²) in [5, 5.41) is 30.8. The molecule has 14 heterocycles. The number of amides is 3. The van der Waals surface area contributed by atoms with Gasteiger partial charge in [0.05, 0.1) is 102 Å². The minimum absolute atomic E-state index is 0.0140. The predicted octanol–water partition coefficient (Wildman–Crippen LogP) is 9.95. The molecular weight excluding hydrogens is 1970 g/mol. The number of benzene rings is 3. The highest BCUT2D eigenvalue weighted by Crippen LogP contribution is 2.56. The Morgan fingerprint density at radius 2 is 0.848 bits per heavy atom. The summed E-state index contributed by atoms with van der Waals surface area (Å²) in [4.78, 5) is 111. The molecular formula is C83H110N28O17P4S4Si2-2. The third-order valence-corrected chi connectivity index (χ3v) is 42.4. The van der Waals surface area contributed by atoms with Gasteiger partial charge in [-0.15, -0.1) is 0 Å². The number of nitrogens with one attached hydrogen (secondary N) is 7. The van der Waals surface area contributed by atoms with Crippen molar-refractivity contribution in [1.29, 1.82) is 5.26 Å². The quantitative estimate of drug-likeness (QED) is 0.0111. The zero-order valence-electron chi connectivity index (χ0n) is 77.8. The predicted molar refractivity (Wildman–Crippen MR) is 530 cm³/mol. The average molecular weight is 2080 g/mol. The van der Waals surface area contributed by atoms with Gasteiger partial charge in [0.1, 0.15) is 87.1 Å². The molecule has 20 atom stereocenters. The lowest BCUT2D eigenvalue weighted by Crippen LogP contribution is -2.53. The Labute approximate surface area is 818 Å². The van der Waals surface area contributed by atoms with Gasteiger partial charge >= 0.3 is 0 Å². The molecule has 13 N–H and O–H groups in total. The second kappa shape index (κ2) is 44.0. The normalized spacial score (nSPS) is 28.6. The number of fused-ring (bicyclic) bond motifs is 8. The number of nitrogens with two attached hydrogens (primary N) is 3. The zero-order chi connectivity index (χ0) is 99.2. The van der Waals surface area contributed by atoms with Crippen LogP contribution < -0.4 is 58.4 Å². The van der Waals surface area contributed by atoms with Gasteiger partial charge in [0.25, 0.3) is 31.0 Å². The van der Waals surface area contributed by atoms with Crippen LogP contribution in [-0.4, -0.2) is 234 Å². The van der Waals surface area contributed by atoms with Crippen LogP contribution in [0.15, 0.2) is 142 Å². The number of nitriles is 1. The highest BCUT2D eigenvalue weighted by atomic mass is 32.7. The fraction of sp³-hybridized carbons (Fsp3) is 0.482. The van der Waals surface area contributed by atoms with Crippen LogP contribution in [0.4, 0.5) is 23.3 Å². The van der Waals surface area contributed by atoms with Gasteiger partial charge in [-0.25, -0.2) is 76.6 Å². The number of anilines is 4. The summed E-state index contributed by atoms with van der Waals surface area (Å²) in [6, 6.07) is 25.2. The second-order valence-corrected chi connectivity index (χ2v) is 57.4. The van der Waals surface area contributed by atoms with Gasteiger partial charge in [-0.05, 0) is 110 Å². The summed E-state index contributed by atoms with van der Waals surface area (Å²) in [6.07, 6.45) is 2.88. The molecule has 6 fully saturated rings. The number of aromatic nitrogens is 16. The van der Waals surface area contributed by atoms with Crippen molar-refractivity contribution in [2.24, 2.45) is 23.3 Å². The fourth-order valence-corrected chi connectivity index (χ4v) is 26.6. The molecule has 6 aliphatic rings. The minimum atomic E-state index is -4.10. The van der Waals surface area contributed by atoms with Gasteiger partial charge in [0.15, 0.2) is 91.5 Å². The molecule has 0 saturated carbocycles. The fourth-order valence-electron chi connectivity index (χ4n) is 15.8. The van der Waals surface area contributed by atoms with E-state index in [9.17, 15) is 29.1 Å². The zero-order valence-corrected chi connectivity index (χ0v) is 86.7. The second-order valence-electron chi connectivity index (χ2n) is 35.6. The van der Waals surface area contributed by atoms with E-state index in [0.29, 0.717) is 61.3 Å². The van der Waals surface area contributed by atoms with Gasteiger partial charge in [-0.3, -0.25) is 42.8 Å².